The van der Waals surface area contributed by atoms with Gasteiger partial charge in [0.15, 0.2) is 5.82 Å². The summed E-state index contributed by atoms with van der Waals surface area (Å²) in [5, 5.41) is 3.91. The van der Waals surface area contributed by atoms with Crippen molar-refractivity contribution in [3.63, 3.8) is 0 Å². The molecule has 1 heterocycles. The van der Waals surface area contributed by atoms with Gasteiger partial charge in [-0.25, -0.2) is 0 Å². The molecule has 2 aromatic rings. The highest BCUT2D eigenvalue weighted by molar-refractivity contribution is 7.98. The van der Waals surface area contributed by atoms with Gasteiger partial charge < -0.3 is 10.3 Å². The molecule has 1 atom stereocenters. The summed E-state index contributed by atoms with van der Waals surface area (Å²) < 4.78 is 5.11. The average Bonchev–Trinajstić information content (AvgIpc) is 2.85. The van der Waals surface area contributed by atoms with E-state index in [9.17, 15) is 0 Å². The first kappa shape index (κ1) is 12.1. The highest BCUT2D eigenvalue weighted by Gasteiger charge is 2.12. The monoisotopic (exact) mass is 249 g/mol. The number of aromatic nitrogens is 2. The van der Waals surface area contributed by atoms with E-state index in [-0.39, 0.29) is 6.04 Å². The van der Waals surface area contributed by atoms with Crippen molar-refractivity contribution in [3.8, 4) is 0 Å². The lowest BCUT2D eigenvalue weighted by Gasteiger charge is -1.99. The number of benzene rings is 1. The summed E-state index contributed by atoms with van der Waals surface area (Å²) in [5.74, 6) is 1.91. The summed E-state index contributed by atoms with van der Waals surface area (Å²) in [5.41, 5.74) is 5.81. The predicted molar refractivity (Wildman–Crippen MR) is 67.5 cm³/mol. The van der Waals surface area contributed by atoms with Gasteiger partial charge in [0.1, 0.15) is 0 Å². The third kappa shape index (κ3) is 3.31. The van der Waals surface area contributed by atoms with Crippen LogP contribution in [0, 0.1) is 0 Å². The third-order valence-electron chi connectivity index (χ3n) is 2.35. The number of rotatable bonds is 5. The summed E-state index contributed by atoms with van der Waals surface area (Å²) in [6, 6.07) is 9.98. The Morgan fingerprint density at radius 3 is 2.82 bits per heavy atom. The lowest BCUT2D eigenvalue weighted by Crippen LogP contribution is -2.08. The Morgan fingerprint density at radius 1 is 1.35 bits per heavy atom. The molecule has 0 aliphatic heterocycles. The van der Waals surface area contributed by atoms with Gasteiger partial charge in [0, 0.05) is 4.90 Å². The minimum absolute atomic E-state index is 0.155. The zero-order valence-corrected chi connectivity index (χ0v) is 10.5. The molecule has 0 bridgehead atoms. The maximum atomic E-state index is 5.81. The molecule has 0 amide bonds. The van der Waals surface area contributed by atoms with Crippen LogP contribution in [-0.4, -0.2) is 10.1 Å². The maximum Gasteiger partial charge on any atom is 0.243 e. The first-order chi connectivity index (χ1) is 8.29. The largest absolute Gasteiger partial charge is 0.338 e. The quantitative estimate of drug-likeness (QED) is 0.825. The van der Waals surface area contributed by atoms with Crippen LogP contribution < -0.4 is 5.73 Å². The second-order valence-corrected chi connectivity index (χ2v) is 4.71. The SMILES string of the molecule is CCC(N)c1nc(CSc2ccccc2)no1. The van der Waals surface area contributed by atoms with Crippen LogP contribution in [0.15, 0.2) is 39.8 Å². The second-order valence-electron chi connectivity index (χ2n) is 3.67. The predicted octanol–water partition coefficient (Wildman–Crippen LogP) is 2.77. The summed E-state index contributed by atoms with van der Waals surface area (Å²) in [7, 11) is 0. The van der Waals surface area contributed by atoms with E-state index in [1.165, 1.54) is 4.90 Å². The fourth-order valence-electron chi connectivity index (χ4n) is 1.32. The van der Waals surface area contributed by atoms with Gasteiger partial charge >= 0.3 is 0 Å². The van der Waals surface area contributed by atoms with Crippen molar-refractivity contribution < 1.29 is 4.52 Å². The van der Waals surface area contributed by atoms with Crippen LogP contribution in [0.25, 0.3) is 0 Å². The molecule has 17 heavy (non-hydrogen) atoms. The van der Waals surface area contributed by atoms with Crippen molar-refractivity contribution >= 4 is 11.8 Å². The Labute approximate surface area is 105 Å². The van der Waals surface area contributed by atoms with Crippen LogP contribution in [0.2, 0.25) is 0 Å². The Bertz CT molecular complexity index is 458. The van der Waals surface area contributed by atoms with E-state index in [0.717, 1.165) is 6.42 Å². The minimum Gasteiger partial charge on any atom is -0.338 e. The van der Waals surface area contributed by atoms with Gasteiger partial charge in [0.05, 0.1) is 11.8 Å². The molecule has 1 aromatic carbocycles. The zero-order valence-electron chi connectivity index (χ0n) is 9.67. The van der Waals surface area contributed by atoms with Crippen molar-refractivity contribution in [2.75, 3.05) is 0 Å². The molecule has 0 fully saturated rings. The molecule has 0 aliphatic rings. The molecule has 0 saturated carbocycles. The van der Waals surface area contributed by atoms with Crippen molar-refractivity contribution in [2.45, 2.75) is 30.0 Å². The molecule has 0 saturated heterocycles. The Morgan fingerprint density at radius 2 is 2.12 bits per heavy atom. The summed E-state index contributed by atoms with van der Waals surface area (Å²) in [6.45, 7) is 1.99. The molecular formula is C12H15N3OS. The van der Waals surface area contributed by atoms with E-state index in [2.05, 4.69) is 22.3 Å². The minimum atomic E-state index is -0.155. The van der Waals surface area contributed by atoms with Crippen molar-refractivity contribution in [2.24, 2.45) is 5.73 Å². The highest BCUT2D eigenvalue weighted by Crippen LogP contribution is 2.21. The van der Waals surface area contributed by atoms with E-state index in [1.54, 1.807) is 11.8 Å². The van der Waals surface area contributed by atoms with E-state index >= 15 is 0 Å². The average molecular weight is 249 g/mol. The van der Waals surface area contributed by atoms with Crippen molar-refractivity contribution in [3.05, 3.63) is 42.0 Å². The number of thioether (sulfide) groups is 1. The normalized spacial score (nSPS) is 12.6. The molecular weight excluding hydrogens is 234 g/mol. The van der Waals surface area contributed by atoms with E-state index < -0.39 is 0 Å². The topological polar surface area (TPSA) is 64.9 Å². The van der Waals surface area contributed by atoms with Crippen molar-refractivity contribution in [1.29, 1.82) is 0 Å². The first-order valence-corrected chi connectivity index (χ1v) is 6.54. The number of nitrogens with two attached hydrogens (primary N) is 1. The van der Waals surface area contributed by atoms with Gasteiger partial charge in [-0.1, -0.05) is 30.3 Å². The lowest BCUT2D eigenvalue weighted by molar-refractivity contribution is 0.349. The van der Waals surface area contributed by atoms with Crippen LogP contribution in [-0.2, 0) is 5.75 Å². The fourth-order valence-corrected chi connectivity index (χ4v) is 2.08. The molecule has 1 unspecified atom stereocenters. The molecule has 4 nitrogen and oxygen atoms in total. The number of nitrogens with zero attached hydrogens (tertiary/aromatic N) is 2. The van der Waals surface area contributed by atoms with Gasteiger partial charge in [-0.2, -0.15) is 4.98 Å². The summed E-state index contributed by atoms with van der Waals surface area (Å²) in [4.78, 5) is 5.47. The first-order valence-electron chi connectivity index (χ1n) is 5.55. The van der Waals surface area contributed by atoms with Gasteiger partial charge in [-0.15, -0.1) is 11.8 Å². The van der Waals surface area contributed by atoms with Crippen LogP contribution in [0.4, 0.5) is 0 Å². The molecule has 0 spiro atoms. The summed E-state index contributed by atoms with van der Waals surface area (Å²) >= 11 is 1.68. The van der Waals surface area contributed by atoms with Crippen LogP contribution >= 0.6 is 11.8 Å². The van der Waals surface area contributed by atoms with Gasteiger partial charge in [-0.05, 0) is 18.6 Å². The van der Waals surface area contributed by atoms with Gasteiger partial charge in [0.2, 0.25) is 5.89 Å². The molecule has 2 N–H and O–H groups in total. The molecule has 0 radical (unpaired) electrons. The Hall–Kier alpha value is -1.33. The zero-order chi connectivity index (χ0) is 12.1. The smallest absolute Gasteiger partial charge is 0.243 e. The molecule has 0 aliphatic carbocycles. The lowest BCUT2D eigenvalue weighted by atomic mass is 10.2. The van der Waals surface area contributed by atoms with Crippen LogP contribution in [0.1, 0.15) is 31.1 Å². The highest BCUT2D eigenvalue weighted by atomic mass is 32.2. The molecule has 1 aromatic heterocycles. The molecule has 2 rings (SSSR count). The number of hydrogen-bond acceptors (Lipinski definition) is 5. The summed E-state index contributed by atoms with van der Waals surface area (Å²) in [6.07, 6.45) is 0.799. The van der Waals surface area contributed by atoms with Gasteiger partial charge in [0.25, 0.3) is 0 Å². The number of hydrogen-bond donors (Lipinski definition) is 1. The maximum absolute atomic E-state index is 5.81. The van der Waals surface area contributed by atoms with E-state index in [0.29, 0.717) is 17.5 Å². The van der Waals surface area contributed by atoms with Crippen molar-refractivity contribution in [1.82, 2.24) is 10.1 Å². The Kier molecular flexibility index (Phi) is 4.17. The molecule has 5 heteroatoms. The van der Waals surface area contributed by atoms with Crippen LogP contribution in [0.5, 0.6) is 0 Å². The Balaban J connectivity index is 1.94. The van der Waals surface area contributed by atoms with Gasteiger partial charge in [-0.3, -0.25) is 0 Å². The fraction of sp³-hybridized carbons (Fsp3) is 0.333. The molecule has 90 valence electrons. The van der Waals surface area contributed by atoms with E-state index in [4.69, 9.17) is 10.3 Å². The standard InChI is InChI=1S/C12H15N3OS/c1-2-10(13)12-14-11(15-16-12)8-17-9-6-4-3-5-7-9/h3-7,10H,2,8,13H2,1H3. The van der Waals surface area contributed by atoms with E-state index in [1.807, 2.05) is 25.1 Å². The third-order valence-corrected chi connectivity index (χ3v) is 3.36. The second kappa shape index (κ2) is 5.84. The van der Waals surface area contributed by atoms with Crippen LogP contribution in [0.3, 0.4) is 0 Å².